The second-order valence-electron chi connectivity index (χ2n) is 4.93. The summed E-state index contributed by atoms with van der Waals surface area (Å²) >= 11 is 9.02. The van der Waals surface area contributed by atoms with Crippen LogP contribution in [0.3, 0.4) is 0 Å². The minimum atomic E-state index is -3.60. The van der Waals surface area contributed by atoms with Crippen LogP contribution in [0.25, 0.3) is 0 Å². The Balaban J connectivity index is 2.17. The third kappa shape index (κ3) is 3.04. The molecule has 0 bridgehead atoms. The molecule has 0 amide bonds. The van der Waals surface area contributed by atoms with Gasteiger partial charge in [-0.25, -0.2) is 18.1 Å². The van der Waals surface area contributed by atoms with Gasteiger partial charge in [0.05, 0.1) is 0 Å². The van der Waals surface area contributed by atoms with E-state index in [1.165, 1.54) is 12.3 Å². The average molecular weight is 354 g/mol. The van der Waals surface area contributed by atoms with Gasteiger partial charge in [-0.2, -0.15) is 0 Å². The molecule has 0 aliphatic heterocycles. The molecule has 0 radical (unpaired) electrons. The van der Waals surface area contributed by atoms with Gasteiger partial charge in [0.15, 0.2) is 0 Å². The van der Waals surface area contributed by atoms with E-state index in [0.717, 1.165) is 19.3 Å². The Kier molecular flexibility index (Phi) is 4.02. The van der Waals surface area contributed by atoms with Crippen molar-refractivity contribution >= 4 is 37.6 Å². The summed E-state index contributed by atoms with van der Waals surface area (Å²) in [7, 11) is -3.60. The fraction of sp³-hybridized carbons (Fsp3) is 0.545. The first kappa shape index (κ1) is 14.2. The number of nitrogens with zero attached hydrogens (tertiary/aromatic N) is 1. The fourth-order valence-corrected chi connectivity index (χ4v) is 4.04. The van der Waals surface area contributed by atoms with Crippen molar-refractivity contribution in [2.75, 3.05) is 6.54 Å². The van der Waals surface area contributed by atoms with Crippen molar-refractivity contribution in [1.82, 2.24) is 9.71 Å². The maximum Gasteiger partial charge on any atom is 0.243 e. The first-order valence-electron chi connectivity index (χ1n) is 5.63. The minimum Gasteiger partial charge on any atom is -0.242 e. The molecule has 4 nitrogen and oxygen atoms in total. The third-order valence-corrected chi connectivity index (χ3v) is 5.57. The van der Waals surface area contributed by atoms with Gasteiger partial charge in [0.2, 0.25) is 10.0 Å². The normalized spacial score (nSPS) is 18.4. The van der Waals surface area contributed by atoms with Crippen LogP contribution in [0.1, 0.15) is 26.2 Å². The highest BCUT2D eigenvalue weighted by Gasteiger charge is 2.33. The number of hydrogen-bond donors (Lipinski definition) is 1. The van der Waals surface area contributed by atoms with Crippen LogP contribution in [0.2, 0.25) is 5.15 Å². The lowest BCUT2D eigenvalue weighted by atomic mass is 9.71. The van der Waals surface area contributed by atoms with Crippen LogP contribution >= 0.6 is 27.5 Å². The fourth-order valence-electron chi connectivity index (χ4n) is 1.90. The first-order chi connectivity index (χ1) is 8.32. The summed E-state index contributed by atoms with van der Waals surface area (Å²) in [5, 5.41) is -0.00976. The van der Waals surface area contributed by atoms with Crippen LogP contribution in [-0.4, -0.2) is 19.9 Å². The van der Waals surface area contributed by atoms with E-state index in [1.807, 2.05) is 0 Å². The van der Waals surface area contributed by atoms with Crippen LogP contribution < -0.4 is 4.72 Å². The van der Waals surface area contributed by atoms with Gasteiger partial charge >= 0.3 is 0 Å². The largest absolute Gasteiger partial charge is 0.243 e. The summed E-state index contributed by atoms with van der Waals surface area (Å²) in [6.07, 6.45) is 4.74. The Morgan fingerprint density at radius 2 is 2.22 bits per heavy atom. The Labute approximate surface area is 120 Å². The Hall–Kier alpha value is -0.170. The molecular formula is C11H14BrClN2O2S. The van der Waals surface area contributed by atoms with Crippen molar-refractivity contribution in [3.8, 4) is 0 Å². The first-order valence-corrected chi connectivity index (χ1v) is 8.29. The molecule has 2 rings (SSSR count). The lowest BCUT2D eigenvalue weighted by Gasteiger charge is -2.38. The zero-order chi connectivity index (χ0) is 13.4. The molecule has 0 unspecified atom stereocenters. The maximum absolute atomic E-state index is 12.1. The van der Waals surface area contributed by atoms with Gasteiger partial charge in [-0.05, 0) is 40.3 Å². The van der Waals surface area contributed by atoms with E-state index in [0.29, 0.717) is 11.0 Å². The zero-order valence-corrected chi connectivity index (χ0v) is 13.1. The van der Waals surface area contributed by atoms with Crippen LogP contribution in [-0.2, 0) is 10.0 Å². The summed E-state index contributed by atoms with van der Waals surface area (Å²) in [5.74, 6) is 0. The van der Waals surface area contributed by atoms with Crippen molar-refractivity contribution in [3.05, 3.63) is 21.9 Å². The van der Waals surface area contributed by atoms with E-state index in [1.54, 1.807) is 0 Å². The second kappa shape index (κ2) is 5.07. The van der Waals surface area contributed by atoms with Gasteiger partial charge in [0.25, 0.3) is 0 Å². The lowest BCUT2D eigenvalue weighted by Crippen LogP contribution is -2.40. The van der Waals surface area contributed by atoms with Crippen molar-refractivity contribution in [2.45, 2.75) is 31.1 Å². The van der Waals surface area contributed by atoms with Gasteiger partial charge in [0.1, 0.15) is 10.0 Å². The number of halogens is 2. The maximum atomic E-state index is 12.1. The smallest absolute Gasteiger partial charge is 0.242 e. The van der Waals surface area contributed by atoms with Gasteiger partial charge in [-0.1, -0.05) is 24.9 Å². The summed E-state index contributed by atoms with van der Waals surface area (Å²) < 4.78 is 27.5. The Morgan fingerprint density at radius 1 is 1.56 bits per heavy atom. The molecule has 1 fully saturated rings. The van der Waals surface area contributed by atoms with Crippen molar-refractivity contribution < 1.29 is 8.42 Å². The number of sulfonamides is 1. The summed E-state index contributed by atoms with van der Waals surface area (Å²) in [4.78, 5) is 3.84. The molecule has 0 atom stereocenters. The summed E-state index contributed by atoms with van der Waals surface area (Å²) in [5.41, 5.74) is 0.0823. The molecule has 1 aromatic heterocycles. The number of nitrogens with one attached hydrogen (secondary N) is 1. The molecule has 0 spiro atoms. The molecule has 18 heavy (non-hydrogen) atoms. The summed E-state index contributed by atoms with van der Waals surface area (Å²) in [6, 6.07) is 1.46. The van der Waals surface area contributed by atoms with Crippen molar-refractivity contribution in [2.24, 2.45) is 5.41 Å². The standard InChI is InChI=1S/C11H14BrClN2O2S/c1-11(3-2-4-11)7-15-18(16,17)9-5-8(12)6-14-10(9)13/h5-6,15H,2-4,7H2,1H3. The molecule has 0 aromatic carbocycles. The van der Waals surface area contributed by atoms with Crippen LogP contribution in [0, 0.1) is 5.41 Å². The molecule has 1 heterocycles. The number of aromatic nitrogens is 1. The molecule has 7 heteroatoms. The van der Waals surface area contributed by atoms with E-state index < -0.39 is 10.0 Å². The predicted molar refractivity (Wildman–Crippen MR) is 74.1 cm³/mol. The lowest BCUT2D eigenvalue weighted by molar-refractivity contribution is 0.166. The highest BCUT2D eigenvalue weighted by Crippen LogP contribution is 2.39. The summed E-state index contributed by atoms with van der Waals surface area (Å²) in [6.45, 7) is 2.53. The van der Waals surface area contributed by atoms with Gasteiger partial charge in [-0.3, -0.25) is 0 Å². The molecule has 1 aliphatic carbocycles. The van der Waals surface area contributed by atoms with Gasteiger partial charge in [0, 0.05) is 17.2 Å². The molecular weight excluding hydrogens is 340 g/mol. The van der Waals surface area contributed by atoms with Crippen LogP contribution in [0.5, 0.6) is 0 Å². The molecule has 0 saturated heterocycles. The zero-order valence-electron chi connectivity index (χ0n) is 9.91. The Bertz CT molecular complexity index is 558. The number of pyridine rings is 1. The third-order valence-electron chi connectivity index (χ3n) is 3.31. The van der Waals surface area contributed by atoms with E-state index in [-0.39, 0.29) is 15.5 Å². The quantitative estimate of drug-likeness (QED) is 0.847. The minimum absolute atomic E-state index is 0.00976. The molecule has 100 valence electrons. The van der Waals surface area contributed by atoms with E-state index >= 15 is 0 Å². The topological polar surface area (TPSA) is 59.1 Å². The molecule has 1 aromatic rings. The van der Waals surface area contributed by atoms with Crippen molar-refractivity contribution in [1.29, 1.82) is 0 Å². The number of rotatable bonds is 4. The molecule has 1 aliphatic rings. The monoisotopic (exact) mass is 352 g/mol. The van der Waals surface area contributed by atoms with Crippen LogP contribution in [0.4, 0.5) is 0 Å². The van der Waals surface area contributed by atoms with Gasteiger partial charge < -0.3 is 0 Å². The van der Waals surface area contributed by atoms with E-state index in [2.05, 4.69) is 32.6 Å². The van der Waals surface area contributed by atoms with Crippen molar-refractivity contribution in [3.63, 3.8) is 0 Å². The number of hydrogen-bond acceptors (Lipinski definition) is 3. The highest BCUT2D eigenvalue weighted by atomic mass is 79.9. The SMILES string of the molecule is CC1(CNS(=O)(=O)c2cc(Br)cnc2Cl)CCC1. The van der Waals surface area contributed by atoms with E-state index in [4.69, 9.17) is 11.6 Å². The highest BCUT2D eigenvalue weighted by molar-refractivity contribution is 9.10. The van der Waals surface area contributed by atoms with Gasteiger partial charge in [-0.15, -0.1) is 0 Å². The molecule has 1 N–H and O–H groups in total. The van der Waals surface area contributed by atoms with E-state index in [9.17, 15) is 8.42 Å². The average Bonchev–Trinajstić information content (AvgIpc) is 2.27. The molecule has 1 saturated carbocycles. The Morgan fingerprint density at radius 3 is 2.78 bits per heavy atom. The second-order valence-corrected chi connectivity index (χ2v) is 7.94. The predicted octanol–water partition coefficient (Wildman–Crippen LogP) is 2.97. The van der Waals surface area contributed by atoms with Crippen LogP contribution in [0.15, 0.2) is 21.6 Å².